The fourth-order valence-electron chi connectivity index (χ4n) is 2.26. The number of aromatic nitrogens is 2. The normalized spacial score (nSPS) is 10.8. The van der Waals surface area contributed by atoms with Crippen molar-refractivity contribution in [3.8, 4) is 5.75 Å². The number of hydrogen-bond donors (Lipinski definition) is 1. The van der Waals surface area contributed by atoms with E-state index in [1.54, 1.807) is 12.3 Å². The van der Waals surface area contributed by atoms with E-state index in [0.29, 0.717) is 16.9 Å². The Morgan fingerprint density at radius 3 is 2.92 bits per heavy atom. The van der Waals surface area contributed by atoms with Crippen LogP contribution in [0.2, 0.25) is 0 Å². The number of carbonyl (C=O) groups is 1. The first-order valence-electron chi connectivity index (χ1n) is 7.25. The minimum Gasteiger partial charge on any atom is -0.483 e. The predicted molar refractivity (Wildman–Crippen MR) is 90.5 cm³/mol. The van der Waals surface area contributed by atoms with Crippen molar-refractivity contribution in [2.24, 2.45) is 5.73 Å². The van der Waals surface area contributed by atoms with Gasteiger partial charge in [0, 0.05) is 6.20 Å². The molecule has 0 aliphatic carbocycles. The molecule has 0 saturated heterocycles. The number of fused-ring (bicyclic) bond motifs is 1. The highest BCUT2D eigenvalue weighted by Gasteiger charge is 2.19. The molecular formula is C17H13F2N3O2S. The van der Waals surface area contributed by atoms with E-state index in [4.69, 9.17) is 10.5 Å². The Balaban J connectivity index is 1.82. The summed E-state index contributed by atoms with van der Waals surface area (Å²) in [5, 5.41) is 0.572. The number of ether oxygens (including phenoxy) is 1. The lowest BCUT2D eigenvalue weighted by atomic mass is 10.2. The maximum Gasteiger partial charge on any atom is 0.254 e. The lowest BCUT2D eigenvalue weighted by Crippen LogP contribution is -2.16. The fourth-order valence-corrected chi connectivity index (χ4v) is 3.06. The number of carbonyl (C=O) groups excluding carboxylic acids is 1. The van der Waals surface area contributed by atoms with Crippen molar-refractivity contribution >= 4 is 27.6 Å². The largest absolute Gasteiger partial charge is 0.483 e. The molecule has 8 heteroatoms. The first-order chi connectivity index (χ1) is 12.0. The highest BCUT2D eigenvalue weighted by molar-refractivity contribution is 7.18. The zero-order valence-electron chi connectivity index (χ0n) is 13.0. The first-order valence-corrected chi connectivity index (χ1v) is 8.07. The van der Waals surface area contributed by atoms with Crippen molar-refractivity contribution in [3.63, 3.8) is 0 Å². The maximum absolute atomic E-state index is 14.1. The summed E-state index contributed by atoms with van der Waals surface area (Å²) in [6, 6.07) is 3.93. The third kappa shape index (κ3) is 3.48. The van der Waals surface area contributed by atoms with E-state index in [-0.39, 0.29) is 12.4 Å². The second-order valence-electron chi connectivity index (χ2n) is 5.16. The molecule has 1 aromatic carbocycles. The van der Waals surface area contributed by atoms with E-state index in [2.05, 4.69) is 16.5 Å². The highest BCUT2D eigenvalue weighted by Crippen LogP contribution is 2.26. The molecule has 0 aliphatic heterocycles. The average Bonchev–Trinajstić information content (AvgIpc) is 2.96. The van der Waals surface area contributed by atoms with E-state index >= 15 is 0 Å². The lowest BCUT2D eigenvalue weighted by molar-refractivity contribution is 0.0991. The number of thiazole rings is 1. The molecular weight excluding hydrogens is 348 g/mol. The molecule has 2 aromatic heterocycles. The van der Waals surface area contributed by atoms with Gasteiger partial charge in [0.05, 0.1) is 0 Å². The summed E-state index contributed by atoms with van der Waals surface area (Å²) in [6.45, 7) is 3.63. The molecule has 1 amide bonds. The highest BCUT2D eigenvalue weighted by atomic mass is 32.1. The first kappa shape index (κ1) is 17.0. The standard InChI is InChI=1S/C17H13F2N3O2S/c1-2-3-9-6-11-17(21-7-9)25-13(22-11)8-24-12-5-4-10(18)14(15(12)19)16(20)23/h2,4-7H,1,3,8H2,(H2,20,23). The minimum atomic E-state index is -1.20. The zero-order chi connectivity index (χ0) is 18.0. The molecule has 5 nitrogen and oxygen atoms in total. The monoisotopic (exact) mass is 361 g/mol. The molecule has 3 aromatic rings. The number of hydrogen-bond acceptors (Lipinski definition) is 5. The third-order valence-electron chi connectivity index (χ3n) is 3.38. The second-order valence-corrected chi connectivity index (χ2v) is 6.22. The van der Waals surface area contributed by atoms with Crippen LogP contribution in [0.4, 0.5) is 8.78 Å². The van der Waals surface area contributed by atoms with Gasteiger partial charge in [0.15, 0.2) is 11.6 Å². The number of nitrogens with two attached hydrogens (primary N) is 1. The SMILES string of the molecule is C=CCc1cnc2sc(COc3ccc(F)c(C(N)=O)c3F)nc2c1. The Labute approximate surface area is 145 Å². The van der Waals surface area contributed by atoms with Crippen LogP contribution in [0, 0.1) is 11.6 Å². The van der Waals surface area contributed by atoms with E-state index in [0.717, 1.165) is 22.5 Å². The van der Waals surface area contributed by atoms with Gasteiger partial charge in [-0.2, -0.15) is 0 Å². The van der Waals surface area contributed by atoms with Crippen molar-refractivity contribution in [3.05, 3.63) is 64.8 Å². The number of primary amides is 1. The van der Waals surface area contributed by atoms with Gasteiger partial charge < -0.3 is 10.5 Å². The molecule has 2 heterocycles. The van der Waals surface area contributed by atoms with Crippen molar-refractivity contribution in [1.82, 2.24) is 9.97 Å². The Hall–Kier alpha value is -2.87. The average molecular weight is 361 g/mol. The van der Waals surface area contributed by atoms with E-state index in [1.165, 1.54) is 11.3 Å². The number of halogens is 2. The number of benzene rings is 1. The number of allylic oxidation sites excluding steroid dienone is 1. The van der Waals surface area contributed by atoms with Gasteiger partial charge in [-0.1, -0.05) is 17.4 Å². The van der Waals surface area contributed by atoms with Gasteiger partial charge in [-0.25, -0.2) is 18.7 Å². The maximum atomic E-state index is 14.1. The Bertz CT molecular complexity index is 972. The number of rotatable bonds is 6. The molecule has 0 aliphatic rings. The van der Waals surface area contributed by atoms with Crippen LogP contribution in [0.3, 0.4) is 0 Å². The number of amides is 1. The molecule has 0 fully saturated rings. The molecule has 128 valence electrons. The fraction of sp³-hybridized carbons (Fsp3) is 0.118. The summed E-state index contributed by atoms with van der Waals surface area (Å²) in [4.78, 5) is 20.6. The summed E-state index contributed by atoms with van der Waals surface area (Å²) in [7, 11) is 0. The quantitative estimate of drug-likeness (QED) is 0.683. The summed E-state index contributed by atoms with van der Waals surface area (Å²) < 4.78 is 32.9. The smallest absolute Gasteiger partial charge is 0.254 e. The van der Waals surface area contributed by atoms with Gasteiger partial charge in [0.2, 0.25) is 0 Å². The van der Waals surface area contributed by atoms with Gasteiger partial charge in [0.25, 0.3) is 5.91 Å². The Kier molecular flexibility index (Phi) is 4.71. The molecule has 0 atom stereocenters. The zero-order valence-corrected chi connectivity index (χ0v) is 13.8. The molecule has 0 radical (unpaired) electrons. The van der Waals surface area contributed by atoms with Crippen LogP contribution >= 0.6 is 11.3 Å². The van der Waals surface area contributed by atoms with Crippen LogP contribution in [0.25, 0.3) is 10.3 Å². The molecule has 0 saturated carbocycles. The predicted octanol–water partition coefficient (Wildman–Crippen LogP) is 3.38. The second kappa shape index (κ2) is 6.94. The molecule has 25 heavy (non-hydrogen) atoms. The van der Waals surface area contributed by atoms with Crippen LogP contribution in [-0.2, 0) is 13.0 Å². The van der Waals surface area contributed by atoms with Crippen LogP contribution in [0.1, 0.15) is 20.9 Å². The summed E-state index contributed by atoms with van der Waals surface area (Å²) in [5.41, 5.74) is 5.85. The van der Waals surface area contributed by atoms with Crippen molar-refractivity contribution in [1.29, 1.82) is 0 Å². The number of nitrogens with zero attached hydrogens (tertiary/aromatic N) is 2. The van der Waals surface area contributed by atoms with Gasteiger partial charge >= 0.3 is 0 Å². The Morgan fingerprint density at radius 2 is 2.20 bits per heavy atom. The van der Waals surface area contributed by atoms with Gasteiger partial charge in [-0.15, -0.1) is 6.58 Å². The molecule has 3 rings (SSSR count). The summed E-state index contributed by atoms with van der Waals surface area (Å²) in [6.07, 6.45) is 4.20. The third-order valence-corrected chi connectivity index (χ3v) is 4.33. The lowest BCUT2D eigenvalue weighted by Gasteiger charge is -2.08. The topological polar surface area (TPSA) is 78.1 Å². The van der Waals surface area contributed by atoms with E-state index in [9.17, 15) is 13.6 Å². The molecule has 2 N–H and O–H groups in total. The minimum absolute atomic E-state index is 0.0431. The molecule has 0 unspecified atom stereocenters. The van der Waals surface area contributed by atoms with Crippen LogP contribution < -0.4 is 10.5 Å². The Morgan fingerprint density at radius 1 is 1.40 bits per heavy atom. The van der Waals surface area contributed by atoms with Crippen molar-refractivity contribution in [2.75, 3.05) is 0 Å². The van der Waals surface area contributed by atoms with Crippen LogP contribution in [0.5, 0.6) is 5.75 Å². The number of pyridine rings is 1. The van der Waals surface area contributed by atoms with Crippen molar-refractivity contribution in [2.45, 2.75) is 13.0 Å². The van der Waals surface area contributed by atoms with Crippen LogP contribution in [0.15, 0.2) is 37.1 Å². The van der Waals surface area contributed by atoms with Gasteiger partial charge in [0.1, 0.15) is 33.3 Å². The van der Waals surface area contributed by atoms with Gasteiger partial charge in [-0.3, -0.25) is 4.79 Å². The van der Waals surface area contributed by atoms with Crippen LogP contribution in [-0.4, -0.2) is 15.9 Å². The van der Waals surface area contributed by atoms with Crippen molar-refractivity contribution < 1.29 is 18.3 Å². The summed E-state index contributed by atoms with van der Waals surface area (Å²) in [5.74, 6) is -3.62. The van der Waals surface area contributed by atoms with E-state index in [1.807, 2.05) is 6.07 Å². The summed E-state index contributed by atoms with van der Waals surface area (Å²) >= 11 is 1.30. The van der Waals surface area contributed by atoms with Gasteiger partial charge in [-0.05, 0) is 30.2 Å². The molecule has 0 bridgehead atoms. The molecule has 0 spiro atoms. The van der Waals surface area contributed by atoms with E-state index < -0.39 is 23.1 Å².